The van der Waals surface area contributed by atoms with Crippen LogP contribution in [0.15, 0.2) is 48.7 Å². The Kier molecular flexibility index (Phi) is 7.36. The molecule has 3 aliphatic rings. The largest absolute Gasteiger partial charge is 0.370 e. The van der Waals surface area contributed by atoms with E-state index in [0.29, 0.717) is 23.0 Å². The van der Waals surface area contributed by atoms with Gasteiger partial charge >= 0.3 is 0 Å². The second-order valence-electron chi connectivity index (χ2n) is 12.1. The quantitative estimate of drug-likeness (QED) is 0.320. The van der Waals surface area contributed by atoms with Gasteiger partial charge in [-0.1, -0.05) is 44.4 Å². The fourth-order valence-corrected chi connectivity index (χ4v) is 8.18. The molecule has 7 heteroatoms. The summed E-state index contributed by atoms with van der Waals surface area (Å²) in [5.41, 5.74) is 7.11. The first-order valence-corrected chi connectivity index (χ1v) is 15.3. The highest BCUT2D eigenvalue weighted by molar-refractivity contribution is 7.80. The van der Waals surface area contributed by atoms with Crippen molar-refractivity contribution in [2.24, 2.45) is 11.8 Å². The van der Waals surface area contributed by atoms with Crippen LogP contribution >= 0.6 is 23.8 Å². The summed E-state index contributed by atoms with van der Waals surface area (Å²) >= 11 is 13.1. The number of rotatable bonds is 5. The standard InChI is InChI=1S/C32H40ClN5S/c1-20-15-21(2)19-36(18-20)29-13-12-25(17-27(29)33)38-31(30(35-32(38)39)28-11-7-8-14-34-28)26-16-22(3)37(23(26)4)24-9-5-6-10-24/h7-8,11-14,16-17,20-21,24,30-31H,5-6,9-10,15,18-19H2,1-4H3,(H,35,39)/t20-,21+,30-,31-/m0/s1. The lowest BCUT2D eigenvalue weighted by molar-refractivity contribution is 0.357. The Hall–Kier alpha value is -2.57. The highest BCUT2D eigenvalue weighted by atomic mass is 35.5. The molecule has 4 heterocycles. The number of thiocarbonyl (C=S) groups is 1. The fourth-order valence-electron chi connectivity index (χ4n) is 7.54. The number of hydrogen-bond acceptors (Lipinski definition) is 3. The van der Waals surface area contributed by atoms with Crippen molar-refractivity contribution in [2.45, 2.75) is 77.9 Å². The SMILES string of the molecule is Cc1cc([C@H]2[C@H](c3ccccn3)NC(=S)N2c2ccc(N3C[C@H](C)C[C@H](C)C3)c(Cl)c2)c(C)n1C1CCCC1. The van der Waals surface area contributed by atoms with Crippen LogP contribution in [0.2, 0.25) is 5.02 Å². The zero-order valence-corrected chi connectivity index (χ0v) is 25.1. The van der Waals surface area contributed by atoms with Crippen LogP contribution in [0.1, 0.15) is 86.7 Å². The molecule has 39 heavy (non-hydrogen) atoms. The molecule has 3 aromatic rings. The van der Waals surface area contributed by atoms with E-state index >= 15 is 0 Å². The zero-order valence-electron chi connectivity index (χ0n) is 23.5. The van der Waals surface area contributed by atoms with Gasteiger partial charge in [0.2, 0.25) is 0 Å². The molecule has 0 unspecified atom stereocenters. The van der Waals surface area contributed by atoms with Gasteiger partial charge in [-0.05, 0) is 99.1 Å². The van der Waals surface area contributed by atoms with Crippen molar-refractivity contribution in [3.63, 3.8) is 0 Å². The van der Waals surface area contributed by atoms with E-state index in [-0.39, 0.29) is 12.1 Å². The lowest BCUT2D eigenvalue weighted by atomic mass is 9.91. The van der Waals surface area contributed by atoms with E-state index in [9.17, 15) is 0 Å². The van der Waals surface area contributed by atoms with Gasteiger partial charge in [0.15, 0.2) is 5.11 Å². The summed E-state index contributed by atoms with van der Waals surface area (Å²) in [6, 6.07) is 15.5. The number of anilines is 2. The number of nitrogens with one attached hydrogen (secondary N) is 1. The highest BCUT2D eigenvalue weighted by Gasteiger charge is 2.43. The van der Waals surface area contributed by atoms with Gasteiger partial charge < -0.3 is 19.7 Å². The number of pyridine rings is 1. The summed E-state index contributed by atoms with van der Waals surface area (Å²) in [7, 11) is 0. The average Bonchev–Trinajstić information content (AvgIpc) is 3.61. The van der Waals surface area contributed by atoms with Crippen LogP contribution in [0.4, 0.5) is 11.4 Å². The predicted octanol–water partition coefficient (Wildman–Crippen LogP) is 7.93. The van der Waals surface area contributed by atoms with Crippen molar-refractivity contribution in [1.82, 2.24) is 14.9 Å². The van der Waals surface area contributed by atoms with Crippen LogP contribution in [-0.2, 0) is 0 Å². The molecular weight excluding hydrogens is 522 g/mol. The maximum absolute atomic E-state index is 7.03. The molecule has 0 amide bonds. The average molecular weight is 562 g/mol. The maximum atomic E-state index is 7.03. The molecule has 1 saturated carbocycles. The van der Waals surface area contributed by atoms with Crippen molar-refractivity contribution >= 4 is 40.3 Å². The zero-order chi connectivity index (χ0) is 27.3. The van der Waals surface area contributed by atoms with Crippen molar-refractivity contribution in [3.05, 3.63) is 76.3 Å². The summed E-state index contributed by atoms with van der Waals surface area (Å²) in [6.07, 6.45) is 8.29. The van der Waals surface area contributed by atoms with E-state index in [4.69, 9.17) is 28.8 Å². The summed E-state index contributed by atoms with van der Waals surface area (Å²) in [5, 5.41) is 5.13. The molecule has 0 bridgehead atoms. The molecule has 5 nitrogen and oxygen atoms in total. The highest BCUT2D eigenvalue weighted by Crippen LogP contribution is 2.46. The third kappa shape index (κ3) is 4.95. The van der Waals surface area contributed by atoms with Crippen molar-refractivity contribution < 1.29 is 0 Å². The summed E-state index contributed by atoms with van der Waals surface area (Å²) < 4.78 is 2.58. The van der Waals surface area contributed by atoms with Gasteiger partial charge in [-0.3, -0.25) is 4.98 Å². The van der Waals surface area contributed by atoms with E-state index in [1.54, 1.807) is 0 Å². The predicted molar refractivity (Wildman–Crippen MR) is 166 cm³/mol. The second kappa shape index (κ2) is 10.8. The summed E-state index contributed by atoms with van der Waals surface area (Å²) in [5.74, 6) is 1.33. The van der Waals surface area contributed by atoms with E-state index in [1.165, 1.54) is 49.1 Å². The summed E-state index contributed by atoms with van der Waals surface area (Å²) in [4.78, 5) is 9.48. The topological polar surface area (TPSA) is 36.3 Å². The number of benzene rings is 1. The van der Waals surface area contributed by atoms with Crippen LogP contribution in [0.3, 0.4) is 0 Å². The number of piperidine rings is 1. The van der Waals surface area contributed by atoms with Crippen molar-refractivity contribution in [3.8, 4) is 0 Å². The Bertz CT molecular complexity index is 1340. The number of halogens is 1. The molecule has 1 aliphatic carbocycles. The Morgan fingerprint density at radius 1 is 1.00 bits per heavy atom. The lowest BCUT2D eigenvalue weighted by Crippen LogP contribution is -2.38. The maximum Gasteiger partial charge on any atom is 0.174 e. The second-order valence-corrected chi connectivity index (χ2v) is 12.9. The van der Waals surface area contributed by atoms with Gasteiger partial charge in [-0.15, -0.1) is 0 Å². The monoisotopic (exact) mass is 561 g/mol. The summed E-state index contributed by atoms with van der Waals surface area (Å²) in [6.45, 7) is 11.3. The van der Waals surface area contributed by atoms with Crippen LogP contribution in [0.25, 0.3) is 0 Å². The fraction of sp³-hybridized carbons (Fsp3) is 0.500. The van der Waals surface area contributed by atoms with E-state index in [1.807, 2.05) is 12.3 Å². The van der Waals surface area contributed by atoms with E-state index < -0.39 is 0 Å². The van der Waals surface area contributed by atoms with Gasteiger partial charge in [-0.2, -0.15) is 0 Å². The number of nitrogens with zero attached hydrogens (tertiary/aromatic N) is 4. The van der Waals surface area contributed by atoms with Gasteiger partial charge in [0, 0.05) is 42.4 Å². The van der Waals surface area contributed by atoms with E-state index in [0.717, 1.165) is 35.2 Å². The normalized spacial score (nSPS) is 25.9. The molecular formula is C32H40ClN5S. The smallest absolute Gasteiger partial charge is 0.174 e. The molecule has 3 fully saturated rings. The molecule has 206 valence electrons. The molecule has 2 saturated heterocycles. The number of hydrogen-bond donors (Lipinski definition) is 1. The first kappa shape index (κ1) is 26.6. The molecule has 2 aliphatic heterocycles. The molecule has 1 aromatic carbocycles. The van der Waals surface area contributed by atoms with Gasteiger partial charge in [-0.25, -0.2) is 0 Å². The first-order chi connectivity index (χ1) is 18.8. The van der Waals surface area contributed by atoms with Crippen molar-refractivity contribution in [2.75, 3.05) is 22.9 Å². The van der Waals surface area contributed by atoms with Crippen LogP contribution in [-0.4, -0.2) is 27.8 Å². The third-order valence-electron chi connectivity index (χ3n) is 9.05. The van der Waals surface area contributed by atoms with Gasteiger partial charge in [0.25, 0.3) is 0 Å². The Morgan fingerprint density at radius 2 is 1.74 bits per heavy atom. The minimum absolute atomic E-state index is 0.0225. The molecule has 0 spiro atoms. The molecule has 6 rings (SSSR count). The molecule has 1 N–H and O–H groups in total. The van der Waals surface area contributed by atoms with Crippen LogP contribution < -0.4 is 15.1 Å². The Balaban J connectivity index is 1.41. The minimum Gasteiger partial charge on any atom is -0.370 e. The first-order valence-electron chi connectivity index (χ1n) is 14.5. The Labute approximate surface area is 243 Å². The third-order valence-corrected chi connectivity index (χ3v) is 9.67. The lowest BCUT2D eigenvalue weighted by Gasteiger charge is -2.37. The van der Waals surface area contributed by atoms with Crippen molar-refractivity contribution in [1.29, 1.82) is 0 Å². The van der Waals surface area contributed by atoms with Crippen LogP contribution in [0, 0.1) is 25.7 Å². The van der Waals surface area contributed by atoms with Gasteiger partial charge in [0.1, 0.15) is 0 Å². The van der Waals surface area contributed by atoms with E-state index in [2.05, 4.69) is 83.8 Å². The van der Waals surface area contributed by atoms with Gasteiger partial charge in [0.05, 0.1) is 28.5 Å². The molecule has 0 radical (unpaired) electrons. The molecule has 4 atom stereocenters. The Morgan fingerprint density at radius 3 is 2.41 bits per heavy atom. The number of aromatic nitrogens is 2. The molecule has 2 aromatic heterocycles. The minimum atomic E-state index is -0.0570. The van der Waals surface area contributed by atoms with Crippen LogP contribution in [0.5, 0.6) is 0 Å². The number of aryl methyl sites for hydroxylation is 1.